The van der Waals surface area contributed by atoms with Gasteiger partial charge in [0, 0.05) is 22.5 Å². The van der Waals surface area contributed by atoms with E-state index in [1.807, 2.05) is 0 Å². The number of hydrogen-bond acceptors (Lipinski definition) is 1. The zero-order valence-corrected chi connectivity index (χ0v) is 23.4. The van der Waals surface area contributed by atoms with E-state index in [1.165, 1.54) is 71.4 Å². The fraction of sp³-hybridized carbons (Fsp3) is 0.250. The van der Waals surface area contributed by atoms with E-state index in [-0.39, 0.29) is 5.41 Å². The molecule has 4 saturated carbocycles. The van der Waals surface area contributed by atoms with Crippen LogP contribution in [0, 0.1) is 23.7 Å². The lowest BCUT2D eigenvalue weighted by atomic mass is 9.43. The van der Waals surface area contributed by atoms with E-state index < -0.39 is 0 Å². The number of hydrogen-bond donors (Lipinski definition) is 0. The number of anilines is 3. The molecular weight excluding hydrogens is 494 g/mol. The van der Waals surface area contributed by atoms with Crippen molar-refractivity contribution >= 4 is 17.1 Å². The van der Waals surface area contributed by atoms with Crippen molar-refractivity contribution in [1.29, 1.82) is 0 Å². The quantitative estimate of drug-likeness (QED) is 0.224. The van der Waals surface area contributed by atoms with Crippen LogP contribution in [0.1, 0.15) is 43.2 Å². The highest BCUT2D eigenvalue weighted by molar-refractivity contribution is 5.96. The summed E-state index contributed by atoms with van der Waals surface area (Å²) in [7, 11) is 0. The lowest BCUT2D eigenvalue weighted by Gasteiger charge is -2.61. The third-order valence-corrected chi connectivity index (χ3v) is 11.0. The predicted octanol–water partition coefficient (Wildman–Crippen LogP) is 10.5. The Hall–Kier alpha value is -4.10. The molecule has 0 atom stereocenters. The number of nitrogens with zero attached hydrogens (tertiary/aromatic N) is 1. The van der Waals surface area contributed by atoms with Crippen molar-refractivity contribution in [2.24, 2.45) is 23.7 Å². The summed E-state index contributed by atoms with van der Waals surface area (Å²) in [5, 5.41) is 0. The van der Waals surface area contributed by atoms with E-state index in [2.05, 4.69) is 132 Å². The largest absolute Gasteiger partial charge is 0.310 e. The summed E-state index contributed by atoms with van der Waals surface area (Å²) in [5.41, 5.74) is 12.6. The van der Waals surface area contributed by atoms with Gasteiger partial charge in [-0.3, -0.25) is 0 Å². The third kappa shape index (κ3) is 3.35. The minimum atomic E-state index is 0.123. The molecule has 4 bridgehead atoms. The van der Waals surface area contributed by atoms with Crippen LogP contribution < -0.4 is 4.90 Å². The van der Waals surface area contributed by atoms with Gasteiger partial charge in [-0.05, 0) is 126 Å². The molecule has 0 aromatic heterocycles. The molecule has 41 heavy (non-hydrogen) atoms. The van der Waals surface area contributed by atoms with E-state index in [9.17, 15) is 0 Å². The zero-order chi connectivity index (χ0) is 27.0. The van der Waals surface area contributed by atoms with E-state index in [0.717, 1.165) is 23.7 Å². The number of para-hydroxylation sites is 2. The Morgan fingerprint density at radius 3 is 1.61 bits per heavy atom. The Kier molecular flexibility index (Phi) is 5.15. The second-order valence-corrected chi connectivity index (χ2v) is 13.0. The van der Waals surface area contributed by atoms with E-state index in [0.29, 0.717) is 0 Å². The van der Waals surface area contributed by atoms with Gasteiger partial charge in [0.15, 0.2) is 0 Å². The normalized spacial score (nSPS) is 26.6. The summed E-state index contributed by atoms with van der Waals surface area (Å²) in [6, 6.07) is 47.6. The van der Waals surface area contributed by atoms with Gasteiger partial charge in [0.25, 0.3) is 0 Å². The van der Waals surface area contributed by atoms with E-state index in [4.69, 9.17) is 0 Å². The van der Waals surface area contributed by atoms with Crippen LogP contribution in [0.2, 0.25) is 0 Å². The molecule has 0 saturated heterocycles. The minimum Gasteiger partial charge on any atom is -0.310 e. The summed E-state index contributed by atoms with van der Waals surface area (Å²) in [4.78, 5) is 2.47. The van der Waals surface area contributed by atoms with Crippen LogP contribution in [0.3, 0.4) is 0 Å². The second kappa shape index (κ2) is 8.95. The number of rotatable bonds is 4. The Bertz CT molecular complexity index is 1670. The topological polar surface area (TPSA) is 3.24 Å². The summed E-state index contributed by atoms with van der Waals surface area (Å²) in [5.74, 6) is 3.34. The smallest absolute Gasteiger partial charge is 0.0471 e. The third-order valence-electron chi connectivity index (χ3n) is 11.0. The molecule has 1 spiro atoms. The van der Waals surface area contributed by atoms with E-state index >= 15 is 0 Å². The van der Waals surface area contributed by atoms with Crippen LogP contribution in [0.15, 0.2) is 127 Å². The first-order valence-corrected chi connectivity index (χ1v) is 15.5. The van der Waals surface area contributed by atoms with Gasteiger partial charge in [-0.25, -0.2) is 0 Å². The molecule has 1 heteroatoms. The molecule has 0 aliphatic heterocycles. The average molecular weight is 530 g/mol. The Balaban J connectivity index is 1.37. The average Bonchev–Trinajstić information content (AvgIpc) is 3.32. The van der Waals surface area contributed by atoms with Crippen molar-refractivity contribution in [2.75, 3.05) is 4.90 Å². The van der Waals surface area contributed by atoms with Crippen LogP contribution in [0.5, 0.6) is 0 Å². The maximum Gasteiger partial charge on any atom is 0.0471 e. The molecular formula is C40H35N. The van der Waals surface area contributed by atoms with Crippen molar-refractivity contribution in [3.8, 4) is 22.3 Å². The van der Waals surface area contributed by atoms with Crippen LogP contribution in [0.25, 0.3) is 22.3 Å². The van der Waals surface area contributed by atoms with E-state index in [1.54, 1.807) is 11.1 Å². The standard InChI is InChI=1S/C40H35N/c1-4-12-29(13-5-1)36-25-34(41(32-14-6-2-7-15-32)33-16-8-3-9-17-33)26-38-39(36)35-18-10-11-19-37(35)40(38)30-21-27-20-28(23-30)24-31(40)22-27/h1-19,25-28,30-31H,20-24H2. The minimum absolute atomic E-state index is 0.123. The van der Waals surface area contributed by atoms with Gasteiger partial charge >= 0.3 is 0 Å². The fourth-order valence-corrected chi connectivity index (χ4v) is 9.83. The molecule has 5 aromatic carbocycles. The lowest BCUT2D eigenvalue weighted by molar-refractivity contribution is -0.0399. The van der Waals surface area contributed by atoms with Gasteiger partial charge in [0.2, 0.25) is 0 Å². The lowest BCUT2D eigenvalue weighted by Crippen LogP contribution is -2.55. The highest BCUT2D eigenvalue weighted by Gasteiger charge is 2.61. The molecule has 0 N–H and O–H groups in total. The van der Waals surface area contributed by atoms with Gasteiger partial charge in [-0.2, -0.15) is 0 Å². The van der Waals surface area contributed by atoms with Gasteiger partial charge in [0.1, 0.15) is 0 Å². The van der Waals surface area contributed by atoms with Crippen molar-refractivity contribution in [1.82, 2.24) is 0 Å². The Morgan fingerprint density at radius 2 is 1.00 bits per heavy atom. The van der Waals surface area contributed by atoms with Crippen molar-refractivity contribution < 1.29 is 0 Å². The Labute approximate surface area is 243 Å². The molecule has 10 rings (SSSR count). The highest BCUT2D eigenvalue weighted by atomic mass is 15.1. The molecule has 4 fully saturated rings. The molecule has 5 aliphatic rings. The van der Waals surface area contributed by atoms with Gasteiger partial charge in [-0.1, -0.05) is 91.0 Å². The molecule has 0 radical (unpaired) electrons. The van der Waals surface area contributed by atoms with Crippen LogP contribution in [0.4, 0.5) is 17.1 Å². The highest BCUT2D eigenvalue weighted by Crippen LogP contribution is 2.70. The molecule has 0 amide bonds. The van der Waals surface area contributed by atoms with Gasteiger partial charge in [0.05, 0.1) is 0 Å². The van der Waals surface area contributed by atoms with Crippen LogP contribution in [-0.4, -0.2) is 0 Å². The monoisotopic (exact) mass is 529 g/mol. The first kappa shape index (κ1) is 23.6. The number of benzene rings is 5. The summed E-state index contributed by atoms with van der Waals surface area (Å²) in [6.07, 6.45) is 7.06. The van der Waals surface area contributed by atoms with Crippen LogP contribution in [-0.2, 0) is 5.41 Å². The maximum atomic E-state index is 2.62. The SMILES string of the molecule is c1ccc(-c2cc(N(c3ccccc3)c3ccccc3)cc3c2-c2ccccc2C32C3CC4CC(C3)CC2C4)cc1. The summed E-state index contributed by atoms with van der Waals surface area (Å²) in [6.45, 7) is 0. The maximum absolute atomic E-state index is 2.62. The van der Waals surface area contributed by atoms with Gasteiger partial charge in [-0.15, -0.1) is 0 Å². The first-order valence-electron chi connectivity index (χ1n) is 15.5. The Morgan fingerprint density at radius 1 is 0.463 bits per heavy atom. The summed E-state index contributed by atoms with van der Waals surface area (Å²) >= 11 is 0. The second-order valence-electron chi connectivity index (χ2n) is 13.0. The molecule has 5 aromatic rings. The molecule has 1 nitrogen and oxygen atoms in total. The van der Waals surface area contributed by atoms with Crippen LogP contribution >= 0.6 is 0 Å². The first-order chi connectivity index (χ1) is 20.3. The van der Waals surface area contributed by atoms with Crippen molar-refractivity contribution in [3.05, 3.63) is 139 Å². The zero-order valence-electron chi connectivity index (χ0n) is 23.4. The predicted molar refractivity (Wildman–Crippen MR) is 170 cm³/mol. The van der Waals surface area contributed by atoms with Gasteiger partial charge < -0.3 is 4.90 Å². The van der Waals surface area contributed by atoms with Crippen molar-refractivity contribution in [2.45, 2.75) is 37.5 Å². The molecule has 200 valence electrons. The molecule has 0 heterocycles. The number of fused-ring (bicyclic) bond motifs is 3. The molecule has 5 aliphatic carbocycles. The van der Waals surface area contributed by atoms with Crippen molar-refractivity contribution in [3.63, 3.8) is 0 Å². The summed E-state index contributed by atoms with van der Waals surface area (Å²) < 4.78 is 0. The molecule has 0 unspecified atom stereocenters. The fourth-order valence-electron chi connectivity index (χ4n) is 9.83.